The zero-order chi connectivity index (χ0) is 12.4. The Kier molecular flexibility index (Phi) is 3.72. The Labute approximate surface area is 107 Å². The number of rotatable bonds is 5. The zero-order valence-electron chi connectivity index (χ0n) is 9.21. The third kappa shape index (κ3) is 3.46. The summed E-state index contributed by atoms with van der Waals surface area (Å²) in [4.78, 5) is 23.3. The molecule has 1 aromatic rings. The Bertz CT molecular complexity index is 466. The number of Topliss-reactive ketones (excluding diaryl/α,β-unsaturated/α-hetero) is 2. The molecule has 1 aliphatic rings. The molecule has 0 heterocycles. The summed E-state index contributed by atoms with van der Waals surface area (Å²) in [6, 6.07) is 4.05. The summed E-state index contributed by atoms with van der Waals surface area (Å²) < 4.78 is 13.2. The molecule has 90 valence electrons. The fraction of sp³-hybridized carbons (Fsp3) is 0.385. The molecule has 0 spiro atoms. The van der Waals surface area contributed by atoms with Crippen LogP contribution in [0.25, 0.3) is 0 Å². The first-order valence-corrected chi connectivity index (χ1v) is 6.35. The third-order valence-electron chi connectivity index (χ3n) is 2.81. The van der Waals surface area contributed by atoms with E-state index in [-0.39, 0.29) is 22.5 Å². The van der Waals surface area contributed by atoms with E-state index in [1.807, 2.05) is 0 Å². The molecule has 1 aromatic carbocycles. The molecule has 0 amide bonds. The van der Waals surface area contributed by atoms with E-state index in [9.17, 15) is 14.0 Å². The van der Waals surface area contributed by atoms with Crippen LogP contribution in [0.4, 0.5) is 4.39 Å². The van der Waals surface area contributed by atoms with Crippen LogP contribution in [0.15, 0.2) is 22.7 Å². The molecule has 0 saturated heterocycles. The smallest absolute Gasteiger partial charge is 0.170 e. The minimum atomic E-state index is -0.411. The van der Waals surface area contributed by atoms with Crippen molar-refractivity contribution in [3.8, 4) is 0 Å². The largest absolute Gasteiger partial charge is 0.299 e. The van der Waals surface area contributed by atoms with E-state index in [4.69, 9.17) is 0 Å². The van der Waals surface area contributed by atoms with E-state index in [1.54, 1.807) is 0 Å². The molecule has 0 radical (unpaired) electrons. The second-order valence-corrected chi connectivity index (χ2v) is 5.27. The van der Waals surface area contributed by atoms with Gasteiger partial charge in [-0.15, -0.1) is 0 Å². The summed E-state index contributed by atoms with van der Waals surface area (Å²) in [5, 5.41) is 0. The molecule has 0 unspecified atom stereocenters. The van der Waals surface area contributed by atoms with E-state index in [1.165, 1.54) is 18.2 Å². The quantitative estimate of drug-likeness (QED) is 0.615. The highest BCUT2D eigenvalue weighted by Gasteiger charge is 2.25. The highest BCUT2D eigenvalue weighted by Crippen LogP contribution is 2.33. The summed E-state index contributed by atoms with van der Waals surface area (Å²) in [6.45, 7) is 0. The molecule has 2 rings (SSSR count). The van der Waals surface area contributed by atoms with Gasteiger partial charge in [-0.2, -0.15) is 0 Å². The minimum Gasteiger partial charge on any atom is -0.299 e. The SMILES string of the molecule is O=C(CC(=O)c1ccc(F)c(Br)c1)CC1CC1. The van der Waals surface area contributed by atoms with Crippen LogP contribution in [0.5, 0.6) is 0 Å². The van der Waals surface area contributed by atoms with Crippen molar-refractivity contribution in [1.29, 1.82) is 0 Å². The maximum absolute atomic E-state index is 13.0. The first-order chi connectivity index (χ1) is 8.06. The number of carbonyl (C=O) groups is 2. The van der Waals surface area contributed by atoms with Gasteiger partial charge in [0.1, 0.15) is 11.6 Å². The first kappa shape index (κ1) is 12.4. The number of hydrogen-bond acceptors (Lipinski definition) is 2. The Morgan fingerprint density at radius 3 is 2.65 bits per heavy atom. The molecule has 0 bridgehead atoms. The van der Waals surface area contributed by atoms with Gasteiger partial charge in [-0.05, 0) is 52.9 Å². The van der Waals surface area contributed by atoms with Crippen LogP contribution in [0.2, 0.25) is 0 Å². The van der Waals surface area contributed by atoms with Crippen molar-refractivity contribution in [1.82, 2.24) is 0 Å². The Morgan fingerprint density at radius 2 is 2.06 bits per heavy atom. The van der Waals surface area contributed by atoms with Crippen molar-refractivity contribution in [2.45, 2.75) is 25.7 Å². The van der Waals surface area contributed by atoms with Crippen LogP contribution in [0.3, 0.4) is 0 Å². The van der Waals surface area contributed by atoms with Gasteiger partial charge in [0.25, 0.3) is 0 Å². The van der Waals surface area contributed by atoms with Crippen LogP contribution in [0.1, 0.15) is 36.0 Å². The van der Waals surface area contributed by atoms with Crippen LogP contribution < -0.4 is 0 Å². The summed E-state index contributed by atoms with van der Waals surface area (Å²) in [6.07, 6.45) is 2.63. The van der Waals surface area contributed by atoms with Crippen LogP contribution in [-0.2, 0) is 4.79 Å². The third-order valence-corrected chi connectivity index (χ3v) is 3.42. The molecule has 2 nitrogen and oxygen atoms in total. The average molecular weight is 299 g/mol. The molecule has 1 saturated carbocycles. The predicted molar refractivity (Wildman–Crippen MR) is 65.4 cm³/mol. The number of hydrogen-bond donors (Lipinski definition) is 0. The van der Waals surface area contributed by atoms with Crippen LogP contribution in [0, 0.1) is 11.7 Å². The van der Waals surface area contributed by atoms with E-state index < -0.39 is 5.82 Å². The lowest BCUT2D eigenvalue weighted by atomic mass is 10.0. The zero-order valence-corrected chi connectivity index (χ0v) is 10.8. The highest BCUT2D eigenvalue weighted by molar-refractivity contribution is 9.10. The van der Waals surface area contributed by atoms with Crippen molar-refractivity contribution >= 4 is 27.5 Å². The Hall–Kier alpha value is -1.03. The molecule has 0 aliphatic heterocycles. The molecule has 0 aromatic heterocycles. The van der Waals surface area contributed by atoms with E-state index >= 15 is 0 Å². The lowest BCUT2D eigenvalue weighted by Crippen LogP contribution is -2.08. The van der Waals surface area contributed by atoms with Gasteiger partial charge in [0.2, 0.25) is 0 Å². The van der Waals surface area contributed by atoms with Crippen LogP contribution in [-0.4, -0.2) is 11.6 Å². The molecule has 0 N–H and O–H groups in total. The monoisotopic (exact) mass is 298 g/mol. The van der Waals surface area contributed by atoms with Crippen molar-refractivity contribution in [3.05, 3.63) is 34.1 Å². The fourth-order valence-electron chi connectivity index (χ4n) is 1.67. The van der Waals surface area contributed by atoms with Gasteiger partial charge in [-0.3, -0.25) is 9.59 Å². The molecule has 0 atom stereocenters. The molecule has 1 aliphatic carbocycles. The summed E-state index contributed by atoms with van der Waals surface area (Å²) in [5.41, 5.74) is 0.377. The van der Waals surface area contributed by atoms with Gasteiger partial charge in [0.15, 0.2) is 5.78 Å². The highest BCUT2D eigenvalue weighted by atomic mass is 79.9. The topological polar surface area (TPSA) is 34.1 Å². The van der Waals surface area contributed by atoms with E-state index in [2.05, 4.69) is 15.9 Å². The van der Waals surface area contributed by atoms with E-state index in [0.717, 1.165) is 12.8 Å². The lowest BCUT2D eigenvalue weighted by molar-refractivity contribution is -0.118. The predicted octanol–water partition coefficient (Wildman–Crippen LogP) is 3.53. The number of carbonyl (C=O) groups excluding carboxylic acids is 2. The van der Waals surface area contributed by atoms with Gasteiger partial charge >= 0.3 is 0 Å². The van der Waals surface area contributed by atoms with Crippen molar-refractivity contribution in [3.63, 3.8) is 0 Å². The standard InChI is InChI=1S/C13H12BrFO2/c14-11-6-9(3-4-12(11)15)13(17)7-10(16)5-8-1-2-8/h3-4,6,8H,1-2,5,7H2. The minimum absolute atomic E-state index is 0.0158. The number of halogens is 2. The van der Waals surface area contributed by atoms with Gasteiger partial charge < -0.3 is 0 Å². The first-order valence-electron chi connectivity index (χ1n) is 5.56. The summed E-state index contributed by atoms with van der Waals surface area (Å²) in [7, 11) is 0. The average Bonchev–Trinajstić information content (AvgIpc) is 3.05. The summed E-state index contributed by atoms with van der Waals surface area (Å²) >= 11 is 3.02. The summed E-state index contributed by atoms with van der Waals surface area (Å²) in [5.74, 6) is -0.171. The maximum Gasteiger partial charge on any atom is 0.170 e. The normalized spacial score (nSPS) is 14.7. The second-order valence-electron chi connectivity index (χ2n) is 4.42. The van der Waals surface area contributed by atoms with Gasteiger partial charge in [0, 0.05) is 12.0 Å². The fourth-order valence-corrected chi connectivity index (χ4v) is 2.05. The molecule has 4 heteroatoms. The van der Waals surface area contributed by atoms with Crippen molar-refractivity contribution in [2.24, 2.45) is 5.92 Å². The van der Waals surface area contributed by atoms with Gasteiger partial charge in [-0.1, -0.05) is 0 Å². The number of benzene rings is 1. The Balaban J connectivity index is 1.98. The maximum atomic E-state index is 13.0. The molecule has 17 heavy (non-hydrogen) atoms. The Morgan fingerprint density at radius 1 is 1.35 bits per heavy atom. The van der Waals surface area contributed by atoms with E-state index in [0.29, 0.717) is 17.9 Å². The van der Waals surface area contributed by atoms with Gasteiger partial charge in [-0.25, -0.2) is 4.39 Å². The van der Waals surface area contributed by atoms with Crippen molar-refractivity contribution in [2.75, 3.05) is 0 Å². The molecule has 1 fully saturated rings. The van der Waals surface area contributed by atoms with Gasteiger partial charge in [0.05, 0.1) is 10.9 Å². The van der Waals surface area contributed by atoms with Crippen LogP contribution >= 0.6 is 15.9 Å². The van der Waals surface area contributed by atoms with Crippen molar-refractivity contribution < 1.29 is 14.0 Å². The number of ketones is 2. The molecular weight excluding hydrogens is 287 g/mol. The molecular formula is C13H12BrFO2. The second kappa shape index (κ2) is 5.08. The lowest BCUT2D eigenvalue weighted by Gasteiger charge is -2.02.